The van der Waals surface area contributed by atoms with E-state index in [-0.39, 0.29) is 5.97 Å². The molecule has 92 valence electrons. The quantitative estimate of drug-likeness (QED) is 0.628. The molecule has 1 saturated carbocycles. The van der Waals surface area contributed by atoms with Crippen LogP contribution >= 0.6 is 0 Å². The molecule has 0 atom stereocenters. The zero-order valence-electron chi connectivity index (χ0n) is 9.94. The van der Waals surface area contributed by atoms with Crippen LogP contribution in [0.2, 0.25) is 0 Å². The van der Waals surface area contributed by atoms with Crippen LogP contribution in [-0.2, 0) is 4.74 Å². The van der Waals surface area contributed by atoms with Gasteiger partial charge in [0.2, 0.25) is 0 Å². The number of hydrogen-bond donors (Lipinski definition) is 1. The molecule has 0 radical (unpaired) electrons. The van der Waals surface area contributed by atoms with Gasteiger partial charge in [-0.1, -0.05) is 0 Å². The largest absolute Gasteiger partial charge is 0.492 e. The van der Waals surface area contributed by atoms with Gasteiger partial charge in [0, 0.05) is 11.8 Å². The SMILES string of the molecule is CCOC(=O)c1ccc(N)cc1OCC1CC1. The Morgan fingerprint density at radius 2 is 2.24 bits per heavy atom. The molecule has 0 amide bonds. The normalized spacial score (nSPS) is 14.4. The number of benzene rings is 1. The second-order valence-corrected chi connectivity index (χ2v) is 4.23. The molecule has 2 N–H and O–H groups in total. The number of esters is 1. The molecule has 1 aliphatic rings. The van der Waals surface area contributed by atoms with Crippen molar-refractivity contribution in [2.75, 3.05) is 18.9 Å². The van der Waals surface area contributed by atoms with Crippen molar-refractivity contribution >= 4 is 11.7 Å². The van der Waals surface area contributed by atoms with Crippen molar-refractivity contribution in [2.45, 2.75) is 19.8 Å². The third kappa shape index (κ3) is 3.12. The molecular formula is C13H17NO3. The Hall–Kier alpha value is -1.71. The lowest BCUT2D eigenvalue weighted by Gasteiger charge is -2.11. The first-order valence-corrected chi connectivity index (χ1v) is 5.90. The fraction of sp³-hybridized carbons (Fsp3) is 0.462. The van der Waals surface area contributed by atoms with Crippen molar-refractivity contribution in [3.05, 3.63) is 23.8 Å². The predicted octanol–water partition coefficient (Wildman–Crippen LogP) is 2.23. The molecule has 0 saturated heterocycles. The maximum absolute atomic E-state index is 11.7. The summed E-state index contributed by atoms with van der Waals surface area (Å²) in [5, 5.41) is 0. The monoisotopic (exact) mass is 235 g/mol. The van der Waals surface area contributed by atoms with Crippen LogP contribution in [0.15, 0.2) is 18.2 Å². The van der Waals surface area contributed by atoms with E-state index in [1.54, 1.807) is 25.1 Å². The number of rotatable bonds is 5. The van der Waals surface area contributed by atoms with Crippen molar-refractivity contribution in [3.63, 3.8) is 0 Å². The van der Waals surface area contributed by atoms with Crippen LogP contribution in [-0.4, -0.2) is 19.2 Å². The van der Waals surface area contributed by atoms with Gasteiger partial charge in [-0.05, 0) is 37.8 Å². The van der Waals surface area contributed by atoms with Crippen LogP contribution in [0.1, 0.15) is 30.1 Å². The summed E-state index contributed by atoms with van der Waals surface area (Å²) >= 11 is 0. The first-order chi connectivity index (χ1) is 8.20. The molecule has 17 heavy (non-hydrogen) atoms. The Balaban J connectivity index is 2.13. The lowest BCUT2D eigenvalue weighted by atomic mass is 10.2. The summed E-state index contributed by atoms with van der Waals surface area (Å²) in [6.07, 6.45) is 2.41. The molecule has 4 nitrogen and oxygen atoms in total. The van der Waals surface area contributed by atoms with E-state index in [1.807, 2.05) is 0 Å². The smallest absolute Gasteiger partial charge is 0.341 e. The highest BCUT2D eigenvalue weighted by Crippen LogP contribution is 2.31. The molecule has 0 bridgehead atoms. The summed E-state index contributed by atoms with van der Waals surface area (Å²) in [7, 11) is 0. The standard InChI is InChI=1S/C13H17NO3/c1-2-16-13(15)11-6-5-10(14)7-12(11)17-8-9-3-4-9/h5-7,9H,2-4,8,14H2,1H3. The lowest BCUT2D eigenvalue weighted by molar-refractivity contribution is 0.0521. The van der Waals surface area contributed by atoms with Crippen molar-refractivity contribution in [1.82, 2.24) is 0 Å². The van der Waals surface area contributed by atoms with Gasteiger partial charge in [0.25, 0.3) is 0 Å². The minimum Gasteiger partial charge on any atom is -0.492 e. The van der Waals surface area contributed by atoms with Crippen LogP contribution in [0.3, 0.4) is 0 Å². The second kappa shape index (κ2) is 5.08. The minimum absolute atomic E-state index is 0.352. The Bertz CT molecular complexity index is 413. The zero-order valence-corrected chi connectivity index (χ0v) is 9.94. The van der Waals surface area contributed by atoms with Crippen LogP contribution in [0, 0.1) is 5.92 Å². The number of nitrogens with two attached hydrogens (primary N) is 1. The van der Waals surface area contributed by atoms with Crippen molar-refractivity contribution in [1.29, 1.82) is 0 Å². The van der Waals surface area contributed by atoms with Gasteiger partial charge in [-0.3, -0.25) is 0 Å². The Labute approximate surface area is 101 Å². The molecule has 0 unspecified atom stereocenters. The first kappa shape index (κ1) is 11.8. The molecule has 0 aliphatic heterocycles. The predicted molar refractivity (Wildman–Crippen MR) is 65.0 cm³/mol. The van der Waals surface area contributed by atoms with E-state index in [4.69, 9.17) is 15.2 Å². The van der Waals surface area contributed by atoms with E-state index in [0.717, 1.165) is 0 Å². The number of carbonyl (C=O) groups excluding carboxylic acids is 1. The van der Waals surface area contributed by atoms with Gasteiger partial charge in [0.05, 0.1) is 13.2 Å². The van der Waals surface area contributed by atoms with Crippen LogP contribution < -0.4 is 10.5 Å². The molecule has 0 spiro atoms. The molecule has 0 aromatic heterocycles. The summed E-state index contributed by atoms with van der Waals surface area (Å²) in [6, 6.07) is 5.00. The lowest BCUT2D eigenvalue weighted by Crippen LogP contribution is -2.09. The van der Waals surface area contributed by atoms with E-state index in [1.165, 1.54) is 12.8 Å². The highest BCUT2D eigenvalue weighted by atomic mass is 16.5. The molecule has 2 rings (SSSR count). The third-order valence-electron chi connectivity index (χ3n) is 2.67. The van der Waals surface area contributed by atoms with Gasteiger partial charge < -0.3 is 15.2 Å². The molecule has 1 aromatic carbocycles. The van der Waals surface area contributed by atoms with E-state index < -0.39 is 0 Å². The van der Waals surface area contributed by atoms with Gasteiger partial charge in [-0.25, -0.2) is 4.79 Å². The van der Waals surface area contributed by atoms with Crippen molar-refractivity contribution in [3.8, 4) is 5.75 Å². The number of ether oxygens (including phenoxy) is 2. The Morgan fingerprint density at radius 3 is 2.88 bits per heavy atom. The summed E-state index contributed by atoms with van der Waals surface area (Å²) in [4.78, 5) is 11.7. The topological polar surface area (TPSA) is 61.5 Å². The fourth-order valence-corrected chi connectivity index (χ4v) is 1.53. The zero-order chi connectivity index (χ0) is 12.3. The second-order valence-electron chi connectivity index (χ2n) is 4.23. The Morgan fingerprint density at radius 1 is 1.47 bits per heavy atom. The molecule has 4 heteroatoms. The summed E-state index contributed by atoms with van der Waals surface area (Å²) < 4.78 is 10.6. The van der Waals surface area contributed by atoms with Gasteiger partial charge >= 0.3 is 5.97 Å². The molecule has 0 heterocycles. The van der Waals surface area contributed by atoms with Gasteiger partial charge in [0.1, 0.15) is 11.3 Å². The van der Waals surface area contributed by atoms with E-state index in [9.17, 15) is 4.79 Å². The van der Waals surface area contributed by atoms with Crippen LogP contribution in [0.4, 0.5) is 5.69 Å². The number of hydrogen-bond acceptors (Lipinski definition) is 4. The summed E-state index contributed by atoms with van der Waals surface area (Å²) in [6.45, 7) is 2.78. The van der Waals surface area contributed by atoms with Gasteiger partial charge in [-0.2, -0.15) is 0 Å². The number of nitrogen functional groups attached to an aromatic ring is 1. The van der Waals surface area contributed by atoms with E-state index in [2.05, 4.69) is 0 Å². The van der Waals surface area contributed by atoms with Crippen LogP contribution in [0.25, 0.3) is 0 Å². The fourth-order valence-electron chi connectivity index (χ4n) is 1.53. The van der Waals surface area contributed by atoms with E-state index >= 15 is 0 Å². The Kier molecular flexibility index (Phi) is 3.52. The van der Waals surface area contributed by atoms with Crippen molar-refractivity contribution < 1.29 is 14.3 Å². The van der Waals surface area contributed by atoms with Crippen molar-refractivity contribution in [2.24, 2.45) is 5.92 Å². The van der Waals surface area contributed by atoms with Gasteiger partial charge in [-0.15, -0.1) is 0 Å². The summed E-state index contributed by atoms with van der Waals surface area (Å²) in [5.41, 5.74) is 6.72. The first-order valence-electron chi connectivity index (χ1n) is 5.90. The summed E-state index contributed by atoms with van der Waals surface area (Å²) in [5.74, 6) is 0.792. The van der Waals surface area contributed by atoms with E-state index in [0.29, 0.717) is 36.1 Å². The number of carbonyl (C=O) groups is 1. The minimum atomic E-state index is -0.363. The maximum Gasteiger partial charge on any atom is 0.341 e. The average molecular weight is 235 g/mol. The molecular weight excluding hydrogens is 218 g/mol. The molecule has 1 fully saturated rings. The molecule has 1 aromatic rings. The number of anilines is 1. The maximum atomic E-state index is 11.7. The van der Waals surface area contributed by atoms with Gasteiger partial charge in [0.15, 0.2) is 0 Å². The highest BCUT2D eigenvalue weighted by Gasteiger charge is 2.23. The van der Waals surface area contributed by atoms with Crippen LogP contribution in [0.5, 0.6) is 5.75 Å². The highest BCUT2D eigenvalue weighted by molar-refractivity contribution is 5.93. The third-order valence-corrected chi connectivity index (χ3v) is 2.67. The molecule has 1 aliphatic carbocycles. The average Bonchev–Trinajstić information content (AvgIpc) is 3.10.